The number of ether oxygens (including phenoxy) is 1. The molecule has 1 unspecified atom stereocenters. The molecule has 2 rings (SSSR count). The summed E-state index contributed by atoms with van der Waals surface area (Å²) >= 11 is 1.07. The molecule has 0 aliphatic carbocycles. The first-order valence-electron chi connectivity index (χ1n) is 7.63. The van der Waals surface area contributed by atoms with Crippen molar-refractivity contribution in [2.24, 2.45) is 0 Å². The third-order valence-electron chi connectivity index (χ3n) is 3.62. The average Bonchev–Trinajstić information content (AvgIpc) is 2.54. The van der Waals surface area contributed by atoms with Crippen molar-refractivity contribution in [3.05, 3.63) is 11.3 Å². The molecule has 9 nitrogen and oxygen atoms in total. The first-order chi connectivity index (χ1) is 12.9. The van der Waals surface area contributed by atoms with E-state index < -0.39 is 69.3 Å². The molecular weight excluding hydrogens is 452 g/mol. The number of esters is 1. The van der Waals surface area contributed by atoms with Crippen LogP contribution in [0.5, 0.6) is 0 Å². The Balaban J connectivity index is 0.00000420. The average molecular weight is 466 g/mol. The summed E-state index contributed by atoms with van der Waals surface area (Å²) in [7, 11) is -2.49. The molecule has 0 aromatic carbocycles. The van der Waals surface area contributed by atoms with Crippen LogP contribution in [0.2, 0.25) is 0 Å². The number of carbonyl (C=O) groups is 4. The Labute approximate surface area is 191 Å². The van der Waals surface area contributed by atoms with Crippen molar-refractivity contribution in [3.63, 3.8) is 0 Å². The summed E-state index contributed by atoms with van der Waals surface area (Å²) in [4.78, 5) is 47.2. The van der Waals surface area contributed by atoms with Gasteiger partial charge in [-0.25, -0.2) is 0 Å². The molecule has 3 atom stereocenters. The van der Waals surface area contributed by atoms with Crippen LogP contribution in [0.1, 0.15) is 6.92 Å². The maximum absolute atomic E-state index is 12.3. The monoisotopic (exact) mass is 466 g/mol. The first kappa shape index (κ1) is 25.9. The number of amides is 2. The predicted molar refractivity (Wildman–Crippen MR) is 87.6 cm³/mol. The first-order valence-corrected chi connectivity index (χ1v) is 10.2. The molecule has 2 aliphatic rings. The number of thioether (sulfide) groups is 1. The van der Waals surface area contributed by atoms with E-state index in [2.05, 4.69) is 5.32 Å². The Hall–Kier alpha value is -1.09. The zero-order chi connectivity index (χ0) is 21.2. The summed E-state index contributed by atoms with van der Waals surface area (Å²) in [6.07, 6.45) is -4.69. The van der Waals surface area contributed by atoms with Gasteiger partial charge < -0.3 is 20.0 Å². The summed E-state index contributed by atoms with van der Waals surface area (Å²) < 4.78 is 52.6. The number of nitrogens with one attached hydrogen (secondary N) is 1. The molecule has 0 bridgehead atoms. The molecule has 15 heteroatoms. The largest absolute Gasteiger partial charge is 1.00 e. The third-order valence-corrected chi connectivity index (χ3v) is 6.20. The molecule has 1 saturated heterocycles. The summed E-state index contributed by atoms with van der Waals surface area (Å²) in [5.74, 6) is -6.68. The van der Waals surface area contributed by atoms with Gasteiger partial charge >= 0.3 is 41.7 Å². The van der Waals surface area contributed by atoms with E-state index >= 15 is 0 Å². The molecule has 29 heavy (non-hydrogen) atoms. The third kappa shape index (κ3) is 6.70. The zero-order valence-corrected chi connectivity index (χ0v) is 18.9. The van der Waals surface area contributed by atoms with E-state index in [1.54, 1.807) is 0 Å². The minimum atomic E-state index is -4.69. The van der Waals surface area contributed by atoms with Crippen molar-refractivity contribution in [3.8, 4) is 0 Å². The second kappa shape index (κ2) is 10.3. The van der Waals surface area contributed by atoms with Gasteiger partial charge in [0.05, 0.1) is 11.7 Å². The van der Waals surface area contributed by atoms with Crippen LogP contribution in [0.25, 0.3) is 0 Å². The molecule has 0 aromatic heterocycles. The smallest absolute Gasteiger partial charge is 0.543 e. The quantitative estimate of drug-likeness (QED) is 0.225. The number of carboxylic acids is 1. The van der Waals surface area contributed by atoms with Gasteiger partial charge in [-0.15, -0.1) is 11.8 Å². The second-order valence-electron chi connectivity index (χ2n) is 5.82. The minimum absolute atomic E-state index is 0. The molecule has 0 saturated carbocycles. The van der Waals surface area contributed by atoms with Gasteiger partial charge in [-0.1, -0.05) is 0 Å². The van der Waals surface area contributed by atoms with Crippen LogP contribution in [0.3, 0.4) is 0 Å². The summed E-state index contributed by atoms with van der Waals surface area (Å²) in [6.45, 7) is 0.775. The van der Waals surface area contributed by atoms with Gasteiger partial charge in [0.25, 0.3) is 5.91 Å². The molecule has 0 spiro atoms. The van der Waals surface area contributed by atoms with E-state index in [9.17, 15) is 41.7 Å². The van der Waals surface area contributed by atoms with Gasteiger partial charge in [-0.2, -0.15) is 13.2 Å². The van der Waals surface area contributed by atoms with Gasteiger partial charge in [-0.05, 0) is 0 Å². The van der Waals surface area contributed by atoms with Crippen LogP contribution in [0.4, 0.5) is 13.2 Å². The van der Waals surface area contributed by atoms with Crippen LogP contribution in [0.15, 0.2) is 11.3 Å². The van der Waals surface area contributed by atoms with Gasteiger partial charge in [0.1, 0.15) is 29.5 Å². The number of hydrogen-bond donors (Lipinski definition) is 1. The van der Waals surface area contributed by atoms with Crippen LogP contribution in [0, 0.1) is 0 Å². The number of hydrogen-bond acceptors (Lipinski definition) is 8. The van der Waals surface area contributed by atoms with E-state index in [0.717, 1.165) is 23.6 Å². The standard InChI is InChI=1S/C14H15F3N2O7S2.Na/c1-6(20)26-2-7-3-27-12-9(11(22)19(12)10(7)13(23)24)18-8(21)4-28(25)5-14(15,16)17;/h9,12H,2-5H2,1H3,(H,18,21)(H,23,24);/q;+1/p-1/t9-,12-,28?;/m1./s1. The molecule has 1 fully saturated rings. The Kier molecular flexibility index (Phi) is 9.20. The number of carboxylic acid groups (broad SMARTS) is 1. The van der Waals surface area contributed by atoms with Crippen molar-refractivity contribution >= 4 is 46.3 Å². The van der Waals surface area contributed by atoms with Crippen LogP contribution < -0.4 is 40.0 Å². The van der Waals surface area contributed by atoms with Crippen LogP contribution >= 0.6 is 11.8 Å². The fraction of sp³-hybridized carbons (Fsp3) is 0.571. The molecule has 0 aromatic rings. The topological polar surface area (TPSA) is 133 Å². The molecule has 2 aliphatic heterocycles. The summed E-state index contributed by atoms with van der Waals surface area (Å²) in [5, 5.41) is 12.8. The maximum Gasteiger partial charge on any atom is 1.00 e. The van der Waals surface area contributed by atoms with Gasteiger partial charge in [-0.3, -0.25) is 23.5 Å². The molecule has 0 radical (unpaired) electrons. The number of aliphatic carboxylic acids is 1. The van der Waals surface area contributed by atoms with E-state index in [0.29, 0.717) is 0 Å². The molecular formula is C14H14F3N2NaO7S2. The van der Waals surface area contributed by atoms with Crippen molar-refractivity contribution in [2.75, 3.05) is 23.9 Å². The second-order valence-corrected chi connectivity index (χ2v) is 8.38. The minimum Gasteiger partial charge on any atom is -0.543 e. The molecule has 1 N–H and O–H groups in total. The predicted octanol–water partition coefficient (Wildman–Crippen LogP) is -4.73. The van der Waals surface area contributed by atoms with E-state index in [-0.39, 0.29) is 47.5 Å². The number of rotatable bonds is 7. The molecule has 2 heterocycles. The number of fused-ring (bicyclic) bond motifs is 1. The Morgan fingerprint density at radius 3 is 2.52 bits per heavy atom. The number of nitrogens with zero attached hydrogens (tertiary/aromatic N) is 1. The number of β-lactam (4-membered cyclic amide) rings is 1. The number of alkyl halides is 3. The van der Waals surface area contributed by atoms with Crippen molar-refractivity contribution < 1.29 is 76.0 Å². The SMILES string of the molecule is CC(=O)OCC1=C(C(=O)[O-])N2C(=O)[C@@H](NC(=O)CS(=O)CC(F)(F)F)[C@H]2SC1.[Na+]. The summed E-state index contributed by atoms with van der Waals surface area (Å²) in [5.41, 5.74) is -0.331. The molecule has 2 amide bonds. The summed E-state index contributed by atoms with van der Waals surface area (Å²) in [6, 6.07) is -1.18. The number of halogens is 3. The Morgan fingerprint density at radius 1 is 1.38 bits per heavy atom. The van der Waals surface area contributed by atoms with Gasteiger partial charge in [0, 0.05) is 29.0 Å². The van der Waals surface area contributed by atoms with E-state index in [4.69, 9.17) is 4.74 Å². The Bertz CT molecular complexity index is 775. The van der Waals surface area contributed by atoms with Crippen molar-refractivity contribution in [2.45, 2.75) is 24.5 Å². The fourth-order valence-electron chi connectivity index (χ4n) is 2.57. The van der Waals surface area contributed by atoms with E-state index in [1.165, 1.54) is 0 Å². The normalized spacial score (nSPS) is 22.1. The van der Waals surface area contributed by atoms with Crippen LogP contribution in [-0.2, 0) is 34.7 Å². The fourth-order valence-corrected chi connectivity index (χ4v) is 4.74. The van der Waals surface area contributed by atoms with Gasteiger partial charge in [0.2, 0.25) is 5.91 Å². The maximum atomic E-state index is 12.3. The van der Waals surface area contributed by atoms with Gasteiger partial charge in [0.15, 0.2) is 0 Å². The van der Waals surface area contributed by atoms with Crippen LogP contribution in [-0.4, -0.2) is 74.3 Å². The van der Waals surface area contributed by atoms with Crippen molar-refractivity contribution in [1.82, 2.24) is 10.2 Å². The number of carbonyl (C=O) groups excluding carboxylic acids is 4. The van der Waals surface area contributed by atoms with Crippen molar-refractivity contribution in [1.29, 1.82) is 0 Å². The zero-order valence-electron chi connectivity index (χ0n) is 15.2. The Morgan fingerprint density at radius 2 is 2.00 bits per heavy atom. The van der Waals surface area contributed by atoms with E-state index in [1.807, 2.05) is 0 Å². The molecule has 156 valence electrons.